The lowest BCUT2D eigenvalue weighted by molar-refractivity contribution is -0.135. The van der Waals surface area contributed by atoms with Crippen molar-refractivity contribution in [1.29, 1.82) is 0 Å². The first-order valence-electron chi connectivity index (χ1n) is 17.4. The van der Waals surface area contributed by atoms with Crippen LogP contribution in [0.1, 0.15) is 85.9 Å². The molecule has 2 heterocycles. The molecule has 1 saturated heterocycles. The highest BCUT2D eigenvalue weighted by Gasteiger charge is 2.35. The quantitative estimate of drug-likeness (QED) is 0.192. The molecule has 2 aromatic carbocycles. The maximum absolute atomic E-state index is 14.0. The van der Waals surface area contributed by atoms with E-state index in [0.29, 0.717) is 31.4 Å². The molecule has 4 rings (SSSR count). The van der Waals surface area contributed by atoms with E-state index in [1.165, 1.54) is 20.2 Å². The van der Waals surface area contributed by atoms with Crippen LogP contribution in [0, 0.1) is 5.92 Å². The summed E-state index contributed by atoms with van der Waals surface area (Å²) in [5.74, 6) is 0.148. The molecule has 4 amide bonds. The van der Waals surface area contributed by atoms with Crippen LogP contribution in [0.25, 0.3) is 0 Å². The Morgan fingerprint density at radius 2 is 1.62 bits per heavy atom. The smallest absolute Gasteiger partial charge is 0.408 e. The normalized spacial score (nSPS) is 14.7. The van der Waals surface area contributed by atoms with Crippen molar-refractivity contribution in [3.63, 3.8) is 0 Å². The Morgan fingerprint density at radius 3 is 2.23 bits per heavy atom. The molecule has 0 aliphatic carbocycles. The highest BCUT2D eigenvalue weighted by atomic mass is 16.6. The zero-order valence-electron chi connectivity index (χ0n) is 30.7. The van der Waals surface area contributed by atoms with E-state index in [1.54, 1.807) is 31.5 Å². The molecular formula is C39H56N6O7. The summed E-state index contributed by atoms with van der Waals surface area (Å²) in [6.07, 6.45) is 4.19. The van der Waals surface area contributed by atoms with Crippen LogP contribution in [0.4, 0.5) is 10.6 Å². The Kier molecular flexibility index (Phi) is 14.8. The molecule has 0 radical (unpaired) electrons. The third-order valence-corrected chi connectivity index (χ3v) is 8.39. The van der Waals surface area contributed by atoms with Gasteiger partial charge in [-0.15, -0.1) is 0 Å². The van der Waals surface area contributed by atoms with Gasteiger partial charge in [-0.2, -0.15) is 0 Å². The Hall–Kier alpha value is -4.91. The van der Waals surface area contributed by atoms with Gasteiger partial charge >= 0.3 is 6.09 Å². The number of carbonyl (C=O) groups is 4. The van der Waals surface area contributed by atoms with Gasteiger partial charge < -0.3 is 39.6 Å². The number of likely N-dealkylation sites (tertiary alicyclic amines) is 1. The van der Waals surface area contributed by atoms with Gasteiger partial charge in [0.15, 0.2) is 5.82 Å². The molecule has 284 valence electrons. The van der Waals surface area contributed by atoms with E-state index in [1.807, 2.05) is 66.4 Å². The summed E-state index contributed by atoms with van der Waals surface area (Å²) < 4.78 is 18.5. The fraction of sp³-hybridized carbons (Fsp3) is 0.513. The predicted octanol–water partition coefficient (Wildman–Crippen LogP) is 5.71. The molecule has 0 saturated carbocycles. The Labute approximate surface area is 307 Å². The number of nitrogens with zero attached hydrogens (tertiary/aromatic N) is 3. The van der Waals surface area contributed by atoms with Crippen LogP contribution in [0.3, 0.4) is 0 Å². The highest BCUT2D eigenvalue weighted by Crippen LogP contribution is 2.27. The standard InChI is InChI=1S/C38H52N6O7.CH4/c1-8-50-29-16-14-28(15-17-29)32(34(46)43-20-18-26(2)19-21-43)44-22-31(39-25-44)41-33(45)30(24-49-23-27-12-10-9-11-13-27)40-35(47)38(6,7)42-36(48)51-37(3,4)5;/h9-17,22,25-26,30,32H,8,18-21,23-24H2,1-7H3,(H,40,47)(H,41,45)(H,42,48);1H4/t30-,32?;/m1./s1. The number of imidazole rings is 1. The van der Waals surface area contributed by atoms with Crippen molar-refractivity contribution >= 4 is 29.6 Å². The zero-order chi connectivity index (χ0) is 37.2. The topological polar surface area (TPSA) is 153 Å². The molecule has 3 N–H and O–H groups in total. The second-order valence-electron chi connectivity index (χ2n) is 14.4. The minimum atomic E-state index is -1.43. The third-order valence-electron chi connectivity index (χ3n) is 8.39. The summed E-state index contributed by atoms with van der Waals surface area (Å²) in [5.41, 5.74) is -0.561. The second kappa shape index (κ2) is 18.5. The number of ether oxygens (including phenoxy) is 3. The van der Waals surface area contributed by atoms with Crippen LogP contribution in [-0.4, -0.2) is 81.8 Å². The first-order valence-corrected chi connectivity index (χ1v) is 17.4. The molecular weight excluding hydrogens is 664 g/mol. The number of aromatic nitrogens is 2. The number of hydrogen-bond acceptors (Lipinski definition) is 8. The molecule has 1 fully saturated rings. The number of hydrogen-bond donors (Lipinski definition) is 3. The number of anilines is 1. The number of nitrogens with one attached hydrogen (secondary N) is 3. The largest absolute Gasteiger partial charge is 0.494 e. The number of alkyl carbamates (subject to hydrolysis) is 1. The number of piperidine rings is 1. The van der Waals surface area contributed by atoms with Crippen LogP contribution in [0.2, 0.25) is 0 Å². The van der Waals surface area contributed by atoms with Crippen molar-refractivity contribution in [1.82, 2.24) is 25.1 Å². The summed E-state index contributed by atoms with van der Waals surface area (Å²) in [6, 6.07) is 14.9. The van der Waals surface area contributed by atoms with Crippen LogP contribution in [-0.2, 0) is 30.5 Å². The lowest BCUT2D eigenvalue weighted by Gasteiger charge is -2.33. The number of amides is 4. The summed E-state index contributed by atoms with van der Waals surface area (Å²) >= 11 is 0. The van der Waals surface area contributed by atoms with Gasteiger partial charge in [0.1, 0.15) is 29.0 Å². The van der Waals surface area contributed by atoms with E-state index >= 15 is 0 Å². The molecule has 0 spiro atoms. The van der Waals surface area contributed by atoms with E-state index in [-0.39, 0.29) is 32.4 Å². The SMILES string of the molecule is C.CCOc1ccc(C(C(=O)N2CCC(C)CC2)n2cnc(NC(=O)[C@@H](COCc3ccccc3)NC(=O)C(C)(C)NC(=O)OC(C)(C)C)c2)cc1. The average molecular weight is 721 g/mol. The van der Waals surface area contributed by atoms with E-state index in [9.17, 15) is 19.2 Å². The van der Waals surface area contributed by atoms with Gasteiger partial charge in [-0.3, -0.25) is 14.4 Å². The molecule has 13 heteroatoms. The highest BCUT2D eigenvalue weighted by molar-refractivity contribution is 5.98. The zero-order valence-corrected chi connectivity index (χ0v) is 30.7. The van der Waals surface area contributed by atoms with E-state index in [0.717, 1.165) is 24.0 Å². The maximum atomic E-state index is 14.0. The van der Waals surface area contributed by atoms with Crippen molar-refractivity contribution in [2.45, 2.75) is 98.6 Å². The van der Waals surface area contributed by atoms with Gasteiger partial charge in [-0.05, 0) is 83.6 Å². The minimum absolute atomic E-state index is 0. The molecule has 1 unspecified atom stereocenters. The number of carbonyl (C=O) groups excluding carboxylic acids is 4. The third kappa shape index (κ3) is 12.1. The Balaban J connectivity index is 0.00000729. The molecule has 1 aromatic heterocycles. The van der Waals surface area contributed by atoms with Gasteiger partial charge in [-0.25, -0.2) is 9.78 Å². The molecule has 2 atom stereocenters. The summed E-state index contributed by atoms with van der Waals surface area (Å²) in [7, 11) is 0. The van der Waals surface area contributed by atoms with E-state index < -0.39 is 41.1 Å². The second-order valence-corrected chi connectivity index (χ2v) is 14.4. The lowest BCUT2D eigenvalue weighted by atomic mass is 9.97. The Bertz CT molecular complexity index is 1610. The van der Waals surface area contributed by atoms with Gasteiger partial charge in [0.25, 0.3) is 5.91 Å². The van der Waals surface area contributed by atoms with Crippen LogP contribution >= 0.6 is 0 Å². The number of rotatable bonds is 14. The van der Waals surface area contributed by atoms with Crippen LogP contribution in [0.5, 0.6) is 5.75 Å². The fourth-order valence-electron chi connectivity index (χ4n) is 5.52. The summed E-state index contributed by atoms with van der Waals surface area (Å²) in [4.78, 5) is 59.9. The van der Waals surface area contributed by atoms with Crippen molar-refractivity contribution in [2.24, 2.45) is 5.92 Å². The first-order chi connectivity index (χ1) is 24.1. The first kappa shape index (κ1) is 41.5. The van der Waals surface area contributed by atoms with Crippen molar-refractivity contribution in [3.05, 3.63) is 78.2 Å². The average Bonchev–Trinajstić information content (AvgIpc) is 3.52. The number of benzene rings is 2. The molecule has 1 aliphatic rings. The molecule has 52 heavy (non-hydrogen) atoms. The van der Waals surface area contributed by atoms with Crippen LogP contribution < -0.4 is 20.7 Å². The molecule has 13 nitrogen and oxygen atoms in total. The van der Waals surface area contributed by atoms with Crippen molar-refractivity contribution in [3.8, 4) is 5.75 Å². The monoisotopic (exact) mass is 720 g/mol. The Morgan fingerprint density at radius 1 is 0.962 bits per heavy atom. The van der Waals surface area contributed by atoms with Gasteiger partial charge in [0.2, 0.25) is 11.8 Å². The molecule has 0 bridgehead atoms. The van der Waals surface area contributed by atoms with Crippen LogP contribution in [0.15, 0.2) is 67.1 Å². The summed E-state index contributed by atoms with van der Waals surface area (Å²) in [5, 5.41) is 8.05. The predicted molar refractivity (Wildman–Crippen MR) is 200 cm³/mol. The molecule has 1 aliphatic heterocycles. The van der Waals surface area contributed by atoms with Crippen molar-refractivity contribution < 1.29 is 33.4 Å². The van der Waals surface area contributed by atoms with Gasteiger partial charge in [0.05, 0.1) is 26.1 Å². The van der Waals surface area contributed by atoms with E-state index in [2.05, 4.69) is 27.9 Å². The lowest BCUT2D eigenvalue weighted by Crippen LogP contribution is -2.59. The maximum Gasteiger partial charge on any atom is 0.408 e. The fourth-order valence-corrected chi connectivity index (χ4v) is 5.52. The molecule has 3 aromatic rings. The minimum Gasteiger partial charge on any atom is -0.494 e. The van der Waals surface area contributed by atoms with Crippen molar-refractivity contribution in [2.75, 3.05) is 31.6 Å². The van der Waals surface area contributed by atoms with Gasteiger partial charge in [-0.1, -0.05) is 56.8 Å². The van der Waals surface area contributed by atoms with E-state index in [4.69, 9.17) is 14.2 Å². The van der Waals surface area contributed by atoms with Gasteiger partial charge in [0, 0.05) is 19.3 Å². The summed E-state index contributed by atoms with van der Waals surface area (Å²) in [6.45, 7) is 14.2.